The van der Waals surface area contributed by atoms with Crippen molar-refractivity contribution in [2.24, 2.45) is 11.3 Å². The molecule has 2 aromatic rings. The van der Waals surface area contributed by atoms with Gasteiger partial charge in [0.2, 0.25) is 5.91 Å². The zero-order valence-electron chi connectivity index (χ0n) is 14.7. The molecule has 0 bridgehead atoms. The van der Waals surface area contributed by atoms with Crippen molar-refractivity contribution in [1.82, 2.24) is 15.3 Å². The molecule has 1 atom stereocenters. The topological polar surface area (TPSA) is 76.1 Å². The van der Waals surface area contributed by atoms with Crippen molar-refractivity contribution >= 4 is 24.0 Å². The Labute approximate surface area is 159 Å². The van der Waals surface area contributed by atoms with Crippen molar-refractivity contribution < 1.29 is 9.53 Å². The first-order valence-electron chi connectivity index (χ1n) is 8.74. The number of nitrogens with one attached hydrogen (secondary N) is 2. The summed E-state index contributed by atoms with van der Waals surface area (Å²) in [6.07, 6.45) is 4.90. The first kappa shape index (κ1) is 18.6. The summed E-state index contributed by atoms with van der Waals surface area (Å²) in [5.74, 6) is 0.939. The third-order valence-corrected chi connectivity index (χ3v) is 5.21. The molecule has 2 aliphatic rings. The van der Waals surface area contributed by atoms with Gasteiger partial charge in [-0.15, -0.1) is 12.4 Å². The Morgan fingerprint density at radius 3 is 2.65 bits per heavy atom. The van der Waals surface area contributed by atoms with Crippen molar-refractivity contribution in [3.05, 3.63) is 42.2 Å². The zero-order valence-corrected chi connectivity index (χ0v) is 15.5. The van der Waals surface area contributed by atoms with Crippen molar-refractivity contribution in [2.75, 3.05) is 18.4 Å². The van der Waals surface area contributed by atoms with Crippen LogP contribution >= 0.6 is 12.4 Å². The van der Waals surface area contributed by atoms with Crippen LogP contribution in [-0.2, 0) is 4.79 Å². The van der Waals surface area contributed by atoms with Crippen LogP contribution in [0.1, 0.15) is 25.0 Å². The van der Waals surface area contributed by atoms with E-state index in [2.05, 4.69) is 20.6 Å². The predicted molar refractivity (Wildman–Crippen MR) is 102 cm³/mol. The zero-order chi connectivity index (χ0) is 17.3. The molecule has 1 saturated heterocycles. The SMILES string of the molecule is Cc1ccnc(Oc2ccc(NC(=O)C3CC34CCNCC4)cc2)n1.Cl. The summed E-state index contributed by atoms with van der Waals surface area (Å²) in [4.78, 5) is 20.8. The van der Waals surface area contributed by atoms with Gasteiger partial charge in [-0.25, -0.2) is 9.97 Å². The van der Waals surface area contributed by atoms with Crippen molar-refractivity contribution in [1.29, 1.82) is 0 Å². The van der Waals surface area contributed by atoms with E-state index in [9.17, 15) is 4.79 Å². The number of aromatic nitrogens is 2. The van der Waals surface area contributed by atoms with Crippen LogP contribution in [0.5, 0.6) is 11.8 Å². The predicted octanol–water partition coefficient (Wildman–Crippen LogP) is 3.33. The van der Waals surface area contributed by atoms with E-state index < -0.39 is 0 Å². The van der Waals surface area contributed by atoms with E-state index in [1.54, 1.807) is 6.20 Å². The first-order valence-corrected chi connectivity index (χ1v) is 8.74. The minimum absolute atomic E-state index is 0. The van der Waals surface area contributed by atoms with Crippen LogP contribution in [0, 0.1) is 18.3 Å². The molecule has 1 aliphatic carbocycles. The van der Waals surface area contributed by atoms with E-state index in [0.29, 0.717) is 11.8 Å². The molecule has 2 fully saturated rings. The van der Waals surface area contributed by atoms with Crippen LogP contribution in [0.3, 0.4) is 0 Å². The number of nitrogens with zero attached hydrogens (tertiary/aromatic N) is 2. The molecule has 1 aromatic carbocycles. The normalized spacial score (nSPS) is 20.1. The maximum absolute atomic E-state index is 12.5. The molecule has 138 valence electrons. The molecular formula is C19H23ClN4O2. The molecule has 4 rings (SSSR count). The number of carbonyl (C=O) groups excluding carboxylic acids is 1. The molecule has 1 aromatic heterocycles. The summed E-state index contributed by atoms with van der Waals surface area (Å²) in [6, 6.07) is 9.46. The lowest BCUT2D eigenvalue weighted by molar-refractivity contribution is -0.118. The van der Waals surface area contributed by atoms with Gasteiger partial charge in [0.05, 0.1) is 0 Å². The van der Waals surface area contributed by atoms with Crippen molar-refractivity contribution in [3.63, 3.8) is 0 Å². The fourth-order valence-corrected chi connectivity index (χ4v) is 3.61. The fourth-order valence-electron chi connectivity index (χ4n) is 3.61. The van der Waals surface area contributed by atoms with E-state index in [1.165, 1.54) is 0 Å². The fraction of sp³-hybridized carbons (Fsp3) is 0.421. The van der Waals surface area contributed by atoms with Gasteiger partial charge >= 0.3 is 6.01 Å². The molecule has 1 saturated carbocycles. The third-order valence-electron chi connectivity index (χ3n) is 5.21. The monoisotopic (exact) mass is 374 g/mol. The largest absolute Gasteiger partial charge is 0.424 e. The number of anilines is 1. The second-order valence-corrected chi connectivity index (χ2v) is 6.97. The van der Waals surface area contributed by atoms with E-state index in [-0.39, 0.29) is 29.6 Å². The van der Waals surface area contributed by atoms with Crippen LogP contribution < -0.4 is 15.4 Å². The lowest BCUT2D eigenvalue weighted by Crippen LogP contribution is -2.31. The number of benzene rings is 1. The smallest absolute Gasteiger partial charge is 0.322 e. The standard InChI is InChI=1S/C19H22N4O2.ClH/c1-13-6-9-21-18(22-13)25-15-4-2-14(3-5-15)23-17(24)16-12-19(16)7-10-20-11-8-19;/h2-6,9,16,20H,7-8,10-12H2,1H3,(H,23,24);1H. The minimum atomic E-state index is 0. The highest BCUT2D eigenvalue weighted by molar-refractivity contribution is 5.95. The molecular weight excluding hydrogens is 352 g/mol. The first-order chi connectivity index (χ1) is 12.1. The Balaban J connectivity index is 0.00000196. The number of hydrogen-bond donors (Lipinski definition) is 2. The maximum atomic E-state index is 12.5. The Kier molecular flexibility index (Phi) is 5.44. The Morgan fingerprint density at radius 1 is 1.23 bits per heavy atom. The number of amides is 1. The van der Waals surface area contributed by atoms with E-state index in [0.717, 1.165) is 43.7 Å². The van der Waals surface area contributed by atoms with Crippen LogP contribution in [0.25, 0.3) is 0 Å². The summed E-state index contributed by atoms with van der Waals surface area (Å²) >= 11 is 0. The average Bonchev–Trinajstić information content (AvgIpc) is 3.30. The highest BCUT2D eigenvalue weighted by atomic mass is 35.5. The van der Waals surface area contributed by atoms with Crippen molar-refractivity contribution in [3.8, 4) is 11.8 Å². The van der Waals surface area contributed by atoms with Crippen LogP contribution in [-0.4, -0.2) is 29.0 Å². The molecule has 0 radical (unpaired) electrons. The Morgan fingerprint density at radius 2 is 1.96 bits per heavy atom. The highest BCUT2D eigenvalue weighted by Crippen LogP contribution is 2.58. The Bertz CT molecular complexity index is 775. The maximum Gasteiger partial charge on any atom is 0.322 e. The van der Waals surface area contributed by atoms with Gasteiger partial charge in [-0.2, -0.15) is 0 Å². The molecule has 26 heavy (non-hydrogen) atoms. The number of ether oxygens (including phenoxy) is 1. The van der Waals surface area contributed by atoms with Gasteiger partial charge in [0.25, 0.3) is 0 Å². The summed E-state index contributed by atoms with van der Waals surface area (Å²) in [7, 11) is 0. The van der Waals surface area contributed by atoms with Gasteiger partial charge in [-0.05, 0) is 75.0 Å². The lowest BCUT2D eigenvalue weighted by Gasteiger charge is -2.23. The molecule has 6 nitrogen and oxygen atoms in total. The lowest BCUT2D eigenvalue weighted by atomic mass is 9.92. The number of piperidine rings is 1. The van der Waals surface area contributed by atoms with Gasteiger partial charge in [0.15, 0.2) is 0 Å². The molecule has 2 heterocycles. The molecule has 1 spiro atoms. The van der Waals surface area contributed by atoms with E-state index in [1.807, 2.05) is 37.3 Å². The molecule has 1 unspecified atom stereocenters. The molecule has 1 aliphatic heterocycles. The van der Waals surface area contributed by atoms with Gasteiger partial charge in [0.1, 0.15) is 5.75 Å². The number of rotatable bonds is 4. The Hall–Kier alpha value is -2.18. The number of hydrogen-bond acceptors (Lipinski definition) is 5. The van der Waals surface area contributed by atoms with Crippen LogP contribution in [0.4, 0.5) is 5.69 Å². The van der Waals surface area contributed by atoms with E-state index in [4.69, 9.17) is 4.74 Å². The number of carbonyl (C=O) groups is 1. The second kappa shape index (κ2) is 7.60. The van der Waals surface area contributed by atoms with Gasteiger partial charge in [0, 0.05) is 23.5 Å². The number of aryl methyl sites for hydroxylation is 1. The van der Waals surface area contributed by atoms with Crippen LogP contribution in [0.2, 0.25) is 0 Å². The summed E-state index contributed by atoms with van der Waals surface area (Å²) in [5.41, 5.74) is 1.89. The molecule has 1 amide bonds. The summed E-state index contributed by atoms with van der Waals surface area (Å²) < 4.78 is 5.63. The highest BCUT2D eigenvalue weighted by Gasteiger charge is 2.57. The van der Waals surface area contributed by atoms with Gasteiger partial charge in [-0.1, -0.05) is 0 Å². The minimum Gasteiger partial charge on any atom is -0.424 e. The quantitative estimate of drug-likeness (QED) is 0.858. The summed E-state index contributed by atoms with van der Waals surface area (Å²) in [6.45, 7) is 3.94. The second-order valence-electron chi connectivity index (χ2n) is 6.97. The van der Waals surface area contributed by atoms with Gasteiger partial charge in [-0.3, -0.25) is 4.79 Å². The van der Waals surface area contributed by atoms with Crippen LogP contribution in [0.15, 0.2) is 36.5 Å². The average molecular weight is 375 g/mol. The summed E-state index contributed by atoms with van der Waals surface area (Å²) in [5, 5.41) is 6.39. The molecule has 2 N–H and O–H groups in total. The van der Waals surface area contributed by atoms with Gasteiger partial charge < -0.3 is 15.4 Å². The number of halogens is 1. The van der Waals surface area contributed by atoms with Crippen molar-refractivity contribution in [2.45, 2.75) is 26.2 Å². The third kappa shape index (κ3) is 3.97. The molecule has 7 heteroatoms. The van der Waals surface area contributed by atoms with E-state index >= 15 is 0 Å².